The van der Waals surface area contributed by atoms with Gasteiger partial charge in [-0.2, -0.15) is 10.2 Å². The smallest absolute Gasteiger partial charge is 0.410 e. The van der Waals surface area contributed by atoms with Gasteiger partial charge >= 0.3 is 6.09 Å². The summed E-state index contributed by atoms with van der Waals surface area (Å²) in [6.45, 7) is 10.5. The molecule has 0 fully saturated rings. The van der Waals surface area contributed by atoms with Crippen molar-refractivity contribution in [2.75, 3.05) is 18.4 Å². The molecule has 0 unspecified atom stereocenters. The van der Waals surface area contributed by atoms with Crippen LogP contribution < -0.4 is 15.6 Å². The summed E-state index contributed by atoms with van der Waals surface area (Å²) >= 11 is 0. The highest BCUT2D eigenvalue weighted by atomic mass is 16.6. The number of aromatic nitrogens is 4. The quantitative estimate of drug-likeness (QED) is 0.657. The van der Waals surface area contributed by atoms with E-state index in [1.807, 2.05) is 40.7 Å². The number of carbonyl (C=O) groups excluding carboxylic acids is 1. The molecule has 2 aromatic heterocycles. The van der Waals surface area contributed by atoms with Crippen LogP contribution in [0.15, 0.2) is 29.1 Å². The SMILES string of the molecule is CCN(CC)C(=O)Oc1ccc2c(Nc3cc(C)[nH]n3)nn(C(C)C)c(=O)c2c1. The molecule has 9 nitrogen and oxygen atoms in total. The van der Waals surface area contributed by atoms with E-state index in [4.69, 9.17) is 4.74 Å². The Kier molecular flexibility index (Phi) is 5.86. The van der Waals surface area contributed by atoms with Crippen LogP contribution in [0.5, 0.6) is 5.75 Å². The molecule has 0 bridgehead atoms. The predicted octanol–water partition coefficient (Wildman–Crippen LogP) is 3.59. The van der Waals surface area contributed by atoms with Gasteiger partial charge in [-0.3, -0.25) is 9.89 Å². The second kappa shape index (κ2) is 8.34. The second-order valence-corrected chi connectivity index (χ2v) is 7.00. The molecule has 1 aromatic carbocycles. The lowest BCUT2D eigenvalue weighted by molar-refractivity contribution is 0.157. The van der Waals surface area contributed by atoms with Crippen LogP contribution in [0.3, 0.4) is 0 Å². The molecule has 2 heterocycles. The predicted molar refractivity (Wildman–Crippen MR) is 112 cm³/mol. The summed E-state index contributed by atoms with van der Waals surface area (Å²) < 4.78 is 6.87. The van der Waals surface area contributed by atoms with Gasteiger partial charge in [0.15, 0.2) is 11.6 Å². The first-order chi connectivity index (χ1) is 13.8. The number of benzene rings is 1. The Morgan fingerprint density at radius 1 is 1.24 bits per heavy atom. The Morgan fingerprint density at radius 2 is 1.97 bits per heavy atom. The summed E-state index contributed by atoms with van der Waals surface area (Å²) in [5, 5.41) is 15.7. The topological polar surface area (TPSA) is 105 Å². The Labute approximate surface area is 168 Å². The van der Waals surface area contributed by atoms with Crippen molar-refractivity contribution in [1.82, 2.24) is 24.9 Å². The molecule has 0 saturated carbocycles. The minimum absolute atomic E-state index is 0.143. The first-order valence-electron chi connectivity index (χ1n) is 9.66. The zero-order valence-electron chi connectivity index (χ0n) is 17.3. The third-order valence-electron chi connectivity index (χ3n) is 4.56. The summed E-state index contributed by atoms with van der Waals surface area (Å²) in [5.74, 6) is 1.42. The molecule has 0 radical (unpaired) electrons. The molecule has 3 rings (SSSR count). The van der Waals surface area contributed by atoms with Crippen molar-refractivity contribution in [2.45, 2.75) is 40.7 Å². The van der Waals surface area contributed by atoms with E-state index in [1.165, 1.54) is 4.68 Å². The molecule has 1 amide bonds. The van der Waals surface area contributed by atoms with Crippen molar-refractivity contribution in [1.29, 1.82) is 0 Å². The van der Waals surface area contributed by atoms with E-state index in [0.717, 1.165) is 5.69 Å². The van der Waals surface area contributed by atoms with Crippen LogP contribution in [0.1, 0.15) is 39.4 Å². The largest absolute Gasteiger partial charge is 0.415 e. The number of aromatic amines is 1. The number of fused-ring (bicyclic) bond motifs is 1. The number of anilines is 2. The molecular formula is C20H26N6O3. The maximum absolute atomic E-state index is 13.0. The number of amides is 1. The molecule has 0 saturated heterocycles. The van der Waals surface area contributed by atoms with Gasteiger partial charge < -0.3 is 15.0 Å². The maximum atomic E-state index is 13.0. The van der Waals surface area contributed by atoms with Crippen molar-refractivity contribution >= 4 is 28.5 Å². The lowest BCUT2D eigenvalue weighted by Crippen LogP contribution is -2.33. The van der Waals surface area contributed by atoms with Crippen LogP contribution in [-0.4, -0.2) is 44.1 Å². The number of aryl methyl sites for hydroxylation is 1. The zero-order valence-corrected chi connectivity index (χ0v) is 17.3. The van der Waals surface area contributed by atoms with Crippen molar-refractivity contribution in [2.24, 2.45) is 0 Å². The van der Waals surface area contributed by atoms with Gasteiger partial charge in [0.05, 0.1) is 11.4 Å². The molecule has 29 heavy (non-hydrogen) atoms. The molecule has 0 aliphatic rings. The molecule has 0 aliphatic heterocycles. The van der Waals surface area contributed by atoms with Crippen LogP contribution in [0.4, 0.5) is 16.4 Å². The summed E-state index contributed by atoms with van der Waals surface area (Å²) in [6.07, 6.45) is -0.446. The number of carbonyl (C=O) groups is 1. The van der Waals surface area contributed by atoms with Crippen molar-refractivity contribution < 1.29 is 9.53 Å². The Balaban J connectivity index is 2.07. The van der Waals surface area contributed by atoms with E-state index in [0.29, 0.717) is 41.2 Å². The molecule has 0 atom stereocenters. The fourth-order valence-corrected chi connectivity index (χ4v) is 2.99. The Hall–Kier alpha value is -3.36. The van der Waals surface area contributed by atoms with E-state index in [-0.39, 0.29) is 11.6 Å². The Bertz CT molecular complexity index is 1080. The number of H-pyrrole nitrogens is 1. The van der Waals surface area contributed by atoms with E-state index in [1.54, 1.807) is 23.1 Å². The van der Waals surface area contributed by atoms with E-state index < -0.39 is 6.09 Å². The van der Waals surface area contributed by atoms with Crippen LogP contribution in [0.2, 0.25) is 0 Å². The van der Waals surface area contributed by atoms with Gasteiger partial charge in [0.25, 0.3) is 5.56 Å². The van der Waals surface area contributed by atoms with Gasteiger partial charge in [0.2, 0.25) is 0 Å². The minimum atomic E-state index is -0.446. The van der Waals surface area contributed by atoms with Gasteiger partial charge in [-0.15, -0.1) is 0 Å². The maximum Gasteiger partial charge on any atom is 0.415 e. The van der Waals surface area contributed by atoms with Gasteiger partial charge in [0, 0.05) is 30.2 Å². The number of ether oxygens (including phenoxy) is 1. The average Bonchev–Trinajstić information content (AvgIpc) is 3.09. The highest BCUT2D eigenvalue weighted by Gasteiger charge is 2.17. The van der Waals surface area contributed by atoms with Crippen LogP contribution >= 0.6 is 0 Å². The molecule has 154 valence electrons. The third kappa shape index (κ3) is 4.23. The van der Waals surface area contributed by atoms with Crippen LogP contribution in [0, 0.1) is 6.92 Å². The lowest BCUT2D eigenvalue weighted by atomic mass is 10.1. The van der Waals surface area contributed by atoms with Crippen molar-refractivity contribution in [3.05, 3.63) is 40.3 Å². The van der Waals surface area contributed by atoms with Gasteiger partial charge in [-0.1, -0.05) is 0 Å². The number of hydrogen-bond acceptors (Lipinski definition) is 6. The van der Waals surface area contributed by atoms with Crippen molar-refractivity contribution in [3.63, 3.8) is 0 Å². The highest BCUT2D eigenvalue weighted by molar-refractivity contribution is 5.93. The Morgan fingerprint density at radius 3 is 2.55 bits per heavy atom. The van der Waals surface area contributed by atoms with Gasteiger partial charge in [-0.25, -0.2) is 9.48 Å². The summed E-state index contributed by atoms with van der Waals surface area (Å²) in [7, 11) is 0. The monoisotopic (exact) mass is 398 g/mol. The number of rotatable bonds is 6. The summed E-state index contributed by atoms with van der Waals surface area (Å²) in [6, 6.07) is 6.67. The molecule has 0 aliphatic carbocycles. The van der Waals surface area contributed by atoms with Gasteiger partial charge in [0.1, 0.15) is 5.75 Å². The zero-order chi connectivity index (χ0) is 21.1. The normalized spacial score (nSPS) is 11.1. The molecule has 2 N–H and O–H groups in total. The minimum Gasteiger partial charge on any atom is -0.410 e. The molecule has 3 aromatic rings. The molecular weight excluding hydrogens is 372 g/mol. The average molecular weight is 398 g/mol. The lowest BCUT2D eigenvalue weighted by Gasteiger charge is -2.18. The number of hydrogen-bond donors (Lipinski definition) is 2. The standard InChI is InChI=1S/C20H26N6O3/c1-6-25(7-2)20(28)29-14-8-9-15-16(11-14)19(27)26(12(3)4)24-18(15)21-17-10-13(5)22-23-17/h8-12H,6-7H2,1-5H3,(H2,21,22,23,24). The third-order valence-corrected chi connectivity index (χ3v) is 4.56. The van der Waals surface area contributed by atoms with Gasteiger partial charge in [-0.05, 0) is 52.8 Å². The second-order valence-electron chi connectivity index (χ2n) is 7.00. The molecule has 0 spiro atoms. The fourth-order valence-electron chi connectivity index (χ4n) is 2.99. The fraction of sp³-hybridized carbons (Fsp3) is 0.400. The summed E-state index contributed by atoms with van der Waals surface area (Å²) in [4.78, 5) is 26.8. The number of nitrogens with zero attached hydrogens (tertiary/aromatic N) is 4. The van der Waals surface area contributed by atoms with E-state index in [2.05, 4.69) is 20.6 Å². The van der Waals surface area contributed by atoms with E-state index >= 15 is 0 Å². The summed E-state index contributed by atoms with van der Waals surface area (Å²) in [5.41, 5.74) is 0.652. The number of nitrogens with one attached hydrogen (secondary N) is 2. The van der Waals surface area contributed by atoms with E-state index in [9.17, 15) is 9.59 Å². The first kappa shape index (κ1) is 20.4. The highest BCUT2D eigenvalue weighted by Crippen LogP contribution is 2.26. The molecule has 9 heteroatoms. The van der Waals surface area contributed by atoms with Crippen LogP contribution in [0.25, 0.3) is 10.8 Å². The van der Waals surface area contributed by atoms with Crippen molar-refractivity contribution in [3.8, 4) is 5.75 Å². The first-order valence-corrected chi connectivity index (χ1v) is 9.66. The van der Waals surface area contributed by atoms with Crippen LogP contribution in [-0.2, 0) is 0 Å².